The number of anilines is 1. The van der Waals surface area contributed by atoms with Crippen LogP contribution in [0, 0.1) is 5.92 Å². The second-order valence-corrected chi connectivity index (χ2v) is 3.39. The molecule has 15 heavy (non-hydrogen) atoms. The molecule has 0 aliphatic carbocycles. The van der Waals surface area contributed by atoms with E-state index in [1.54, 1.807) is 25.4 Å². The summed E-state index contributed by atoms with van der Waals surface area (Å²) in [5.41, 5.74) is 0.695. The molecular weight excluding hydrogens is 192 g/mol. The van der Waals surface area contributed by atoms with Gasteiger partial charge < -0.3 is 10.1 Å². The Balaban J connectivity index is 2.61. The number of rotatable bonds is 4. The van der Waals surface area contributed by atoms with E-state index in [2.05, 4.69) is 10.3 Å². The normalized spacial score (nSPS) is 11.9. The predicted octanol–water partition coefficient (Wildman–Crippen LogP) is 2.07. The van der Waals surface area contributed by atoms with Gasteiger partial charge in [-0.05, 0) is 12.5 Å². The summed E-state index contributed by atoms with van der Waals surface area (Å²) in [6, 6.07) is 3.48. The van der Waals surface area contributed by atoms with Gasteiger partial charge in [0, 0.05) is 12.0 Å². The summed E-state index contributed by atoms with van der Waals surface area (Å²) in [5.74, 6) is 0.577. The van der Waals surface area contributed by atoms with Crippen molar-refractivity contribution in [3.63, 3.8) is 0 Å². The largest absolute Gasteiger partial charge is 0.481 e. The molecule has 0 aliphatic heterocycles. The number of hydrogen-bond donors (Lipinski definition) is 1. The highest BCUT2D eigenvalue weighted by atomic mass is 16.5. The molecular formula is C11H16N2O2. The zero-order valence-electron chi connectivity index (χ0n) is 9.28. The van der Waals surface area contributed by atoms with Crippen LogP contribution in [0.5, 0.6) is 5.88 Å². The van der Waals surface area contributed by atoms with Gasteiger partial charge in [0.1, 0.15) is 0 Å². The first kappa shape index (κ1) is 11.5. The number of carbonyl (C=O) groups excluding carboxylic acids is 1. The maximum Gasteiger partial charge on any atom is 0.227 e. The average Bonchev–Trinajstić information content (AvgIpc) is 2.29. The smallest absolute Gasteiger partial charge is 0.227 e. The second-order valence-electron chi connectivity index (χ2n) is 3.39. The summed E-state index contributed by atoms with van der Waals surface area (Å²) in [7, 11) is 1.56. The number of methoxy groups -OCH3 is 1. The number of nitrogens with zero attached hydrogens (tertiary/aromatic N) is 1. The number of ether oxygens (including phenoxy) is 1. The molecule has 0 spiro atoms. The number of hydrogen-bond acceptors (Lipinski definition) is 3. The van der Waals surface area contributed by atoms with E-state index in [1.807, 2.05) is 13.8 Å². The Morgan fingerprint density at radius 1 is 1.60 bits per heavy atom. The summed E-state index contributed by atoms with van der Waals surface area (Å²) in [6.45, 7) is 3.88. The molecule has 0 radical (unpaired) electrons. The van der Waals surface area contributed by atoms with Crippen LogP contribution in [0.1, 0.15) is 20.3 Å². The molecule has 0 saturated carbocycles. The Morgan fingerprint density at radius 2 is 2.33 bits per heavy atom. The summed E-state index contributed by atoms with van der Waals surface area (Å²) in [5, 5.41) is 2.79. The van der Waals surface area contributed by atoms with E-state index in [-0.39, 0.29) is 11.8 Å². The second kappa shape index (κ2) is 5.34. The van der Waals surface area contributed by atoms with E-state index in [0.29, 0.717) is 11.6 Å². The Morgan fingerprint density at radius 3 is 2.80 bits per heavy atom. The Hall–Kier alpha value is -1.58. The van der Waals surface area contributed by atoms with Crippen LogP contribution < -0.4 is 10.1 Å². The number of carbonyl (C=O) groups is 1. The lowest BCUT2D eigenvalue weighted by Crippen LogP contribution is -2.19. The van der Waals surface area contributed by atoms with Crippen molar-refractivity contribution in [1.82, 2.24) is 4.98 Å². The van der Waals surface area contributed by atoms with Crippen LogP contribution in [-0.2, 0) is 4.79 Å². The standard InChI is InChI=1S/C11H16N2O2/c1-4-8(2)11(14)13-9-5-6-10(15-3)12-7-9/h5-8H,4H2,1-3H3,(H,13,14)/t8-/m1/s1. The van der Waals surface area contributed by atoms with E-state index < -0.39 is 0 Å². The van der Waals surface area contributed by atoms with Crippen LogP contribution in [0.2, 0.25) is 0 Å². The Bertz CT molecular complexity index is 322. The number of nitrogens with one attached hydrogen (secondary N) is 1. The molecule has 0 bridgehead atoms. The van der Waals surface area contributed by atoms with Crippen molar-refractivity contribution in [1.29, 1.82) is 0 Å². The number of aromatic nitrogens is 1. The highest BCUT2D eigenvalue weighted by Gasteiger charge is 2.10. The minimum Gasteiger partial charge on any atom is -0.481 e. The third-order valence-electron chi connectivity index (χ3n) is 2.27. The van der Waals surface area contributed by atoms with E-state index in [4.69, 9.17) is 4.74 Å². The first-order valence-electron chi connectivity index (χ1n) is 4.98. The maximum atomic E-state index is 11.5. The van der Waals surface area contributed by atoms with Crippen LogP contribution in [-0.4, -0.2) is 18.0 Å². The van der Waals surface area contributed by atoms with Crippen LogP contribution in [0.25, 0.3) is 0 Å². The van der Waals surface area contributed by atoms with Gasteiger partial charge in [0.05, 0.1) is 19.0 Å². The van der Waals surface area contributed by atoms with Gasteiger partial charge in [0.2, 0.25) is 11.8 Å². The minimum atomic E-state index is 0.0180. The first-order chi connectivity index (χ1) is 7.17. The lowest BCUT2D eigenvalue weighted by molar-refractivity contribution is -0.119. The highest BCUT2D eigenvalue weighted by molar-refractivity contribution is 5.92. The van der Waals surface area contributed by atoms with Gasteiger partial charge in [-0.25, -0.2) is 4.98 Å². The van der Waals surface area contributed by atoms with Gasteiger partial charge >= 0.3 is 0 Å². The first-order valence-corrected chi connectivity index (χ1v) is 4.98. The lowest BCUT2D eigenvalue weighted by Gasteiger charge is -2.09. The third kappa shape index (κ3) is 3.23. The van der Waals surface area contributed by atoms with E-state index >= 15 is 0 Å². The Kier molecular flexibility index (Phi) is 4.09. The number of amides is 1. The monoisotopic (exact) mass is 208 g/mol. The molecule has 4 heteroatoms. The Labute approximate surface area is 89.7 Å². The van der Waals surface area contributed by atoms with Gasteiger partial charge in [0.25, 0.3) is 0 Å². The molecule has 1 aromatic heterocycles. The summed E-state index contributed by atoms with van der Waals surface area (Å²) in [6.07, 6.45) is 2.41. The van der Waals surface area contributed by atoms with Crippen molar-refractivity contribution in [2.24, 2.45) is 5.92 Å². The quantitative estimate of drug-likeness (QED) is 0.824. The molecule has 1 atom stereocenters. The van der Waals surface area contributed by atoms with Gasteiger partial charge in [0.15, 0.2) is 0 Å². The molecule has 1 rings (SSSR count). The minimum absolute atomic E-state index is 0.0180. The van der Waals surface area contributed by atoms with Crippen molar-refractivity contribution < 1.29 is 9.53 Å². The van der Waals surface area contributed by atoms with Crippen LogP contribution in [0.3, 0.4) is 0 Å². The molecule has 4 nitrogen and oxygen atoms in total. The van der Waals surface area contributed by atoms with Crippen molar-refractivity contribution in [3.8, 4) is 5.88 Å². The molecule has 1 heterocycles. The third-order valence-corrected chi connectivity index (χ3v) is 2.27. The van der Waals surface area contributed by atoms with Gasteiger partial charge in [-0.2, -0.15) is 0 Å². The lowest BCUT2D eigenvalue weighted by atomic mass is 10.1. The van der Waals surface area contributed by atoms with Crippen molar-refractivity contribution in [2.75, 3.05) is 12.4 Å². The van der Waals surface area contributed by atoms with Crippen molar-refractivity contribution in [2.45, 2.75) is 20.3 Å². The predicted molar refractivity (Wildman–Crippen MR) is 58.9 cm³/mol. The highest BCUT2D eigenvalue weighted by Crippen LogP contribution is 2.12. The molecule has 0 aromatic carbocycles. The maximum absolute atomic E-state index is 11.5. The van der Waals surface area contributed by atoms with Crippen LogP contribution in [0.4, 0.5) is 5.69 Å². The van der Waals surface area contributed by atoms with Gasteiger partial charge in [-0.3, -0.25) is 4.79 Å². The summed E-state index contributed by atoms with van der Waals surface area (Å²) >= 11 is 0. The zero-order valence-corrected chi connectivity index (χ0v) is 9.28. The summed E-state index contributed by atoms with van der Waals surface area (Å²) in [4.78, 5) is 15.5. The fourth-order valence-electron chi connectivity index (χ4n) is 1.03. The van der Waals surface area contributed by atoms with Crippen LogP contribution in [0.15, 0.2) is 18.3 Å². The molecule has 1 N–H and O–H groups in total. The van der Waals surface area contributed by atoms with E-state index in [9.17, 15) is 4.79 Å². The molecule has 0 fully saturated rings. The average molecular weight is 208 g/mol. The molecule has 1 aromatic rings. The van der Waals surface area contributed by atoms with E-state index in [1.165, 1.54) is 0 Å². The van der Waals surface area contributed by atoms with Gasteiger partial charge in [-0.15, -0.1) is 0 Å². The fraction of sp³-hybridized carbons (Fsp3) is 0.455. The molecule has 0 aliphatic rings. The number of pyridine rings is 1. The van der Waals surface area contributed by atoms with Crippen molar-refractivity contribution >= 4 is 11.6 Å². The molecule has 0 saturated heterocycles. The molecule has 82 valence electrons. The molecule has 0 unspecified atom stereocenters. The topological polar surface area (TPSA) is 51.2 Å². The SMILES string of the molecule is CC[C@@H](C)C(=O)Nc1ccc(OC)nc1. The van der Waals surface area contributed by atoms with E-state index in [0.717, 1.165) is 6.42 Å². The fourth-order valence-corrected chi connectivity index (χ4v) is 1.03. The molecule has 1 amide bonds. The zero-order chi connectivity index (χ0) is 11.3. The van der Waals surface area contributed by atoms with Crippen molar-refractivity contribution in [3.05, 3.63) is 18.3 Å². The van der Waals surface area contributed by atoms with Gasteiger partial charge in [-0.1, -0.05) is 13.8 Å². The van der Waals surface area contributed by atoms with Crippen LogP contribution >= 0.6 is 0 Å². The summed E-state index contributed by atoms with van der Waals surface area (Å²) < 4.78 is 4.92.